The Morgan fingerprint density at radius 1 is 1.00 bits per heavy atom. The molecule has 0 saturated heterocycles. The molecule has 1 heterocycles. The molecular weight excluding hydrogens is 475 g/mol. The number of aromatic nitrogens is 1. The van der Waals surface area contributed by atoms with Crippen molar-refractivity contribution >= 4 is 11.8 Å². The molecule has 1 aliphatic carbocycles. The number of hydrogen-bond acceptors (Lipinski definition) is 5. The van der Waals surface area contributed by atoms with E-state index in [1.165, 1.54) is 30.6 Å². The minimum atomic E-state index is -1.56. The molecule has 0 spiro atoms. The minimum Gasteiger partial charge on any atom is -0.507 e. The number of ether oxygens (including phenoxy) is 1. The second kappa shape index (κ2) is 10.7. The molecular formula is C26H24F3N3O4. The van der Waals surface area contributed by atoms with Crippen LogP contribution in [0.2, 0.25) is 0 Å². The van der Waals surface area contributed by atoms with E-state index in [1.807, 2.05) is 0 Å². The van der Waals surface area contributed by atoms with Crippen LogP contribution in [0.5, 0.6) is 11.5 Å². The van der Waals surface area contributed by atoms with Gasteiger partial charge < -0.3 is 20.5 Å². The molecule has 1 aromatic heterocycles. The van der Waals surface area contributed by atoms with Gasteiger partial charge in [-0.2, -0.15) is 0 Å². The molecule has 36 heavy (non-hydrogen) atoms. The maximum atomic E-state index is 15.2. The summed E-state index contributed by atoms with van der Waals surface area (Å²) in [6.45, 7) is 1.75. The van der Waals surface area contributed by atoms with Gasteiger partial charge in [0.05, 0.1) is 23.2 Å². The van der Waals surface area contributed by atoms with Crippen LogP contribution in [0.1, 0.15) is 39.1 Å². The number of aromatic hydroxyl groups is 1. The Bertz CT molecular complexity index is 1260. The monoisotopic (exact) mass is 499 g/mol. The number of hydrogen-bond donors (Lipinski definition) is 3. The number of halogens is 3. The van der Waals surface area contributed by atoms with Crippen molar-refractivity contribution in [2.75, 3.05) is 0 Å². The number of phenols is 1. The van der Waals surface area contributed by atoms with E-state index < -0.39 is 47.8 Å². The molecule has 4 atom stereocenters. The fourth-order valence-corrected chi connectivity index (χ4v) is 4.10. The fraction of sp³-hybridized carbons (Fsp3) is 0.269. The van der Waals surface area contributed by atoms with Crippen molar-refractivity contribution in [3.63, 3.8) is 0 Å². The van der Waals surface area contributed by atoms with Crippen molar-refractivity contribution in [1.29, 1.82) is 0 Å². The molecule has 4 rings (SSSR count). The molecule has 188 valence electrons. The van der Waals surface area contributed by atoms with Gasteiger partial charge in [0.1, 0.15) is 23.8 Å². The molecule has 1 fully saturated rings. The van der Waals surface area contributed by atoms with Gasteiger partial charge in [-0.15, -0.1) is 0 Å². The molecule has 3 N–H and O–H groups in total. The largest absolute Gasteiger partial charge is 0.507 e. The van der Waals surface area contributed by atoms with E-state index in [1.54, 1.807) is 25.1 Å². The lowest BCUT2D eigenvalue weighted by Crippen LogP contribution is -2.58. The van der Waals surface area contributed by atoms with Gasteiger partial charge in [0.2, 0.25) is 0 Å². The third-order valence-electron chi connectivity index (χ3n) is 5.98. The number of pyridine rings is 1. The summed E-state index contributed by atoms with van der Waals surface area (Å²) in [7, 11) is 0. The van der Waals surface area contributed by atoms with E-state index in [0.29, 0.717) is 0 Å². The van der Waals surface area contributed by atoms with Crippen LogP contribution in [-0.4, -0.2) is 46.3 Å². The SMILES string of the molecule is Cc1ccc(O)c(C(=O)NC2CC(Oc3ccc(F)c(F)c3)C(NC(=O)c3cccnc3)CC2F)c1. The zero-order valence-corrected chi connectivity index (χ0v) is 19.3. The summed E-state index contributed by atoms with van der Waals surface area (Å²) in [5.74, 6) is -3.62. The number of alkyl halides is 1. The van der Waals surface area contributed by atoms with Crippen LogP contribution in [0.4, 0.5) is 13.2 Å². The fourth-order valence-electron chi connectivity index (χ4n) is 4.10. The first-order valence-electron chi connectivity index (χ1n) is 11.3. The van der Waals surface area contributed by atoms with Crippen LogP contribution in [-0.2, 0) is 0 Å². The quantitative estimate of drug-likeness (QED) is 0.479. The number of phenolic OH excluding ortho intramolecular Hbond substituents is 1. The molecule has 4 unspecified atom stereocenters. The summed E-state index contributed by atoms with van der Waals surface area (Å²) in [6, 6.07) is 8.70. The van der Waals surface area contributed by atoms with Gasteiger partial charge in [0.15, 0.2) is 11.6 Å². The molecule has 1 saturated carbocycles. The number of rotatable bonds is 6. The van der Waals surface area contributed by atoms with Crippen molar-refractivity contribution in [1.82, 2.24) is 15.6 Å². The Morgan fingerprint density at radius 2 is 1.78 bits per heavy atom. The topological polar surface area (TPSA) is 101 Å². The van der Waals surface area contributed by atoms with Gasteiger partial charge >= 0.3 is 0 Å². The first-order valence-corrected chi connectivity index (χ1v) is 11.3. The number of carbonyl (C=O) groups excluding carboxylic acids is 2. The second-order valence-electron chi connectivity index (χ2n) is 8.64. The maximum absolute atomic E-state index is 15.2. The molecule has 0 bridgehead atoms. The first kappa shape index (κ1) is 25.0. The highest BCUT2D eigenvalue weighted by Crippen LogP contribution is 2.29. The standard InChI is InChI=1S/C26H24F3N3O4/c1-14-4-7-23(33)17(9-14)26(35)31-21-12-24(36-16-5-6-18(27)19(28)10-16)22(11-20(21)29)32-25(34)15-3-2-8-30-13-15/h2-10,13,20-22,24,33H,11-12H2,1H3,(H,31,35)(H,32,34). The smallest absolute Gasteiger partial charge is 0.255 e. The highest BCUT2D eigenvalue weighted by atomic mass is 19.2. The van der Waals surface area contributed by atoms with E-state index in [9.17, 15) is 23.5 Å². The van der Waals surface area contributed by atoms with Crippen molar-refractivity contribution < 1.29 is 32.6 Å². The van der Waals surface area contributed by atoms with E-state index in [-0.39, 0.29) is 35.5 Å². The lowest BCUT2D eigenvalue weighted by atomic mass is 9.86. The number of nitrogens with one attached hydrogen (secondary N) is 2. The Kier molecular flexibility index (Phi) is 7.42. The molecule has 0 aliphatic heterocycles. The van der Waals surface area contributed by atoms with Crippen LogP contribution in [0, 0.1) is 18.6 Å². The number of amides is 2. The zero-order valence-electron chi connectivity index (χ0n) is 19.3. The molecule has 0 radical (unpaired) electrons. The normalized spacial score (nSPS) is 21.4. The number of aryl methyl sites for hydroxylation is 1. The predicted molar refractivity (Wildman–Crippen MR) is 124 cm³/mol. The van der Waals surface area contributed by atoms with Crippen molar-refractivity contribution in [3.05, 3.63) is 89.2 Å². The lowest BCUT2D eigenvalue weighted by Gasteiger charge is -2.39. The van der Waals surface area contributed by atoms with Crippen molar-refractivity contribution in [2.45, 2.75) is 44.1 Å². The predicted octanol–water partition coefficient (Wildman–Crippen LogP) is 3.85. The second-order valence-corrected chi connectivity index (χ2v) is 8.64. The maximum Gasteiger partial charge on any atom is 0.255 e. The summed E-state index contributed by atoms with van der Waals surface area (Å²) in [6.07, 6.45) is 0.0992. The lowest BCUT2D eigenvalue weighted by molar-refractivity contribution is 0.0444. The van der Waals surface area contributed by atoms with Gasteiger partial charge in [-0.25, -0.2) is 13.2 Å². The molecule has 3 aromatic rings. The van der Waals surface area contributed by atoms with Crippen LogP contribution < -0.4 is 15.4 Å². The number of nitrogens with zero attached hydrogens (tertiary/aromatic N) is 1. The summed E-state index contributed by atoms with van der Waals surface area (Å²) < 4.78 is 48.2. The van der Waals surface area contributed by atoms with Gasteiger partial charge in [0, 0.05) is 31.3 Å². The van der Waals surface area contributed by atoms with Crippen molar-refractivity contribution in [3.8, 4) is 11.5 Å². The Morgan fingerprint density at radius 3 is 2.50 bits per heavy atom. The molecule has 10 heteroatoms. The average molecular weight is 499 g/mol. The van der Waals surface area contributed by atoms with Crippen LogP contribution in [0.3, 0.4) is 0 Å². The summed E-state index contributed by atoms with van der Waals surface area (Å²) in [4.78, 5) is 29.4. The molecule has 1 aliphatic rings. The summed E-state index contributed by atoms with van der Waals surface area (Å²) >= 11 is 0. The molecule has 2 amide bonds. The Labute approximate surface area is 205 Å². The molecule has 7 nitrogen and oxygen atoms in total. The Balaban J connectivity index is 1.55. The zero-order chi connectivity index (χ0) is 25.8. The number of benzene rings is 2. The van der Waals surface area contributed by atoms with Crippen LogP contribution >= 0.6 is 0 Å². The van der Waals surface area contributed by atoms with Crippen LogP contribution in [0.25, 0.3) is 0 Å². The van der Waals surface area contributed by atoms with E-state index >= 15 is 4.39 Å². The third-order valence-corrected chi connectivity index (χ3v) is 5.98. The van der Waals surface area contributed by atoms with Crippen molar-refractivity contribution in [2.24, 2.45) is 0 Å². The summed E-state index contributed by atoms with van der Waals surface area (Å²) in [5.41, 5.74) is 0.980. The third kappa shape index (κ3) is 5.76. The first-order chi connectivity index (χ1) is 17.2. The van der Waals surface area contributed by atoms with E-state index in [0.717, 1.165) is 17.7 Å². The van der Waals surface area contributed by atoms with E-state index in [4.69, 9.17) is 4.74 Å². The van der Waals surface area contributed by atoms with Gasteiger partial charge in [-0.3, -0.25) is 14.6 Å². The molecule has 2 aromatic carbocycles. The highest BCUT2D eigenvalue weighted by molar-refractivity contribution is 5.97. The number of carbonyl (C=O) groups is 2. The highest BCUT2D eigenvalue weighted by Gasteiger charge is 2.40. The van der Waals surface area contributed by atoms with Gasteiger partial charge in [-0.1, -0.05) is 11.6 Å². The average Bonchev–Trinajstić information content (AvgIpc) is 2.86. The van der Waals surface area contributed by atoms with Gasteiger partial charge in [0.25, 0.3) is 11.8 Å². The van der Waals surface area contributed by atoms with Crippen LogP contribution in [0.15, 0.2) is 60.9 Å². The van der Waals surface area contributed by atoms with E-state index in [2.05, 4.69) is 15.6 Å². The van der Waals surface area contributed by atoms with Gasteiger partial charge in [-0.05, 0) is 43.3 Å². The summed E-state index contributed by atoms with van der Waals surface area (Å²) in [5, 5.41) is 15.4. The minimum absolute atomic E-state index is 0.00715. The Hall–Kier alpha value is -4.08.